The van der Waals surface area contributed by atoms with Crippen molar-refractivity contribution in [2.75, 3.05) is 6.26 Å². The summed E-state index contributed by atoms with van der Waals surface area (Å²) in [6, 6.07) is 17.0. The second-order valence-electron chi connectivity index (χ2n) is 9.27. The number of rotatable bonds is 10. The van der Waals surface area contributed by atoms with Gasteiger partial charge in [-0.05, 0) is 84.9 Å². The molecule has 1 aliphatic rings. The molecule has 1 saturated carbocycles. The van der Waals surface area contributed by atoms with Crippen LogP contribution in [-0.4, -0.2) is 12.0 Å². The molecule has 0 amide bonds. The fourth-order valence-electron chi connectivity index (χ4n) is 5.52. The molecule has 0 radical (unpaired) electrons. The third kappa shape index (κ3) is 5.84. The standard InChI is InChI=1S/C28H35ClOS/c1-5-26(30)24(23-12-13-27(31-4)25(29)17-23)16-21-14-15-28(6-2,19-21)18-20(3)22-10-8-7-9-11-22/h5,7-13,17,20-21,24H,1,6,14-16,18-19H2,2-4H3/t20-,21-,24?,28?/m1/s1. The third-order valence-electron chi connectivity index (χ3n) is 7.35. The van der Waals surface area contributed by atoms with Gasteiger partial charge in [0, 0.05) is 10.8 Å². The SMILES string of the molecule is C=CC(=O)C(C[C@H]1CCC(CC)(C[C@@H](C)c2ccccc2)C1)c1ccc(SC)c(Cl)c1. The van der Waals surface area contributed by atoms with Gasteiger partial charge in [0.15, 0.2) is 5.78 Å². The topological polar surface area (TPSA) is 17.1 Å². The van der Waals surface area contributed by atoms with Gasteiger partial charge in [-0.25, -0.2) is 0 Å². The van der Waals surface area contributed by atoms with Crippen molar-refractivity contribution in [2.24, 2.45) is 11.3 Å². The minimum absolute atomic E-state index is 0.111. The monoisotopic (exact) mass is 454 g/mol. The quantitative estimate of drug-likeness (QED) is 0.263. The minimum atomic E-state index is -0.143. The number of hydrogen-bond donors (Lipinski definition) is 0. The van der Waals surface area contributed by atoms with Gasteiger partial charge in [-0.2, -0.15) is 0 Å². The Hall–Kier alpha value is -1.51. The number of halogens is 1. The molecule has 2 unspecified atom stereocenters. The highest BCUT2D eigenvalue weighted by Gasteiger charge is 2.40. The molecule has 0 bridgehead atoms. The molecule has 0 aliphatic heterocycles. The van der Waals surface area contributed by atoms with E-state index < -0.39 is 0 Å². The van der Waals surface area contributed by atoms with Gasteiger partial charge in [-0.15, -0.1) is 11.8 Å². The first kappa shape index (κ1) is 24.1. The van der Waals surface area contributed by atoms with E-state index >= 15 is 0 Å². The summed E-state index contributed by atoms with van der Waals surface area (Å²) in [5, 5.41) is 0.734. The summed E-state index contributed by atoms with van der Waals surface area (Å²) in [5.41, 5.74) is 2.84. The number of carbonyl (C=O) groups is 1. The van der Waals surface area contributed by atoms with E-state index in [0.29, 0.717) is 17.3 Å². The fraction of sp³-hybridized carbons (Fsp3) is 0.464. The Bertz CT molecular complexity index is 893. The van der Waals surface area contributed by atoms with Crippen molar-refractivity contribution in [2.45, 2.75) is 69.1 Å². The van der Waals surface area contributed by atoms with Crippen molar-refractivity contribution in [3.63, 3.8) is 0 Å². The van der Waals surface area contributed by atoms with Crippen LogP contribution in [0.1, 0.15) is 75.3 Å². The molecule has 0 N–H and O–H groups in total. The van der Waals surface area contributed by atoms with E-state index in [0.717, 1.165) is 21.9 Å². The maximum Gasteiger partial charge on any atom is 0.162 e. The molecule has 1 nitrogen and oxygen atoms in total. The zero-order valence-corrected chi connectivity index (χ0v) is 20.6. The van der Waals surface area contributed by atoms with E-state index in [4.69, 9.17) is 11.6 Å². The predicted molar refractivity (Wildman–Crippen MR) is 135 cm³/mol. The molecular formula is C28H35ClOS. The molecule has 0 aromatic heterocycles. The van der Waals surface area contributed by atoms with Gasteiger partial charge < -0.3 is 0 Å². The van der Waals surface area contributed by atoms with Crippen molar-refractivity contribution in [3.8, 4) is 0 Å². The molecule has 0 heterocycles. The first-order valence-electron chi connectivity index (χ1n) is 11.5. The van der Waals surface area contributed by atoms with Crippen molar-refractivity contribution in [1.29, 1.82) is 0 Å². The van der Waals surface area contributed by atoms with E-state index in [9.17, 15) is 4.79 Å². The van der Waals surface area contributed by atoms with Crippen LogP contribution in [0.15, 0.2) is 66.1 Å². The van der Waals surface area contributed by atoms with Gasteiger partial charge in [0.1, 0.15) is 0 Å². The zero-order chi connectivity index (χ0) is 22.4. The Balaban J connectivity index is 1.73. The van der Waals surface area contributed by atoms with Crippen LogP contribution in [0, 0.1) is 11.3 Å². The first-order valence-corrected chi connectivity index (χ1v) is 13.1. The van der Waals surface area contributed by atoms with Gasteiger partial charge in [-0.3, -0.25) is 4.79 Å². The van der Waals surface area contributed by atoms with Crippen molar-refractivity contribution in [3.05, 3.63) is 77.3 Å². The van der Waals surface area contributed by atoms with Crippen LogP contribution >= 0.6 is 23.4 Å². The number of hydrogen-bond acceptors (Lipinski definition) is 2. The molecule has 31 heavy (non-hydrogen) atoms. The fourth-order valence-corrected chi connectivity index (χ4v) is 6.40. The number of ketones is 1. The first-order chi connectivity index (χ1) is 14.9. The molecular weight excluding hydrogens is 420 g/mol. The number of benzene rings is 2. The molecule has 0 saturated heterocycles. The summed E-state index contributed by atoms with van der Waals surface area (Å²) < 4.78 is 0. The van der Waals surface area contributed by atoms with E-state index in [1.54, 1.807) is 11.8 Å². The summed E-state index contributed by atoms with van der Waals surface area (Å²) in [6.45, 7) is 8.47. The molecule has 2 aromatic carbocycles. The third-order valence-corrected chi connectivity index (χ3v) is 8.57. The molecule has 166 valence electrons. The van der Waals surface area contributed by atoms with Gasteiger partial charge in [0.2, 0.25) is 0 Å². The van der Waals surface area contributed by atoms with Crippen LogP contribution in [0.25, 0.3) is 0 Å². The molecule has 0 spiro atoms. The van der Waals surface area contributed by atoms with Gasteiger partial charge in [0.05, 0.1) is 5.02 Å². The number of carbonyl (C=O) groups excluding carboxylic acids is 1. The summed E-state index contributed by atoms with van der Waals surface area (Å²) in [6.07, 6.45) is 10.5. The Labute approximate surface area is 197 Å². The van der Waals surface area contributed by atoms with E-state index in [1.165, 1.54) is 43.7 Å². The minimum Gasteiger partial charge on any atom is -0.294 e. The highest BCUT2D eigenvalue weighted by molar-refractivity contribution is 7.98. The Morgan fingerprint density at radius 1 is 1.26 bits per heavy atom. The number of thioether (sulfide) groups is 1. The number of allylic oxidation sites excluding steroid dienone is 1. The largest absolute Gasteiger partial charge is 0.294 e. The van der Waals surface area contributed by atoms with E-state index in [2.05, 4.69) is 56.8 Å². The van der Waals surface area contributed by atoms with Crippen LogP contribution in [0.5, 0.6) is 0 Å². The Kier molecular flexibility index (Phi) is 8.47. The van der Waals surface area contributed by atoms with Crippen LogP contribution in [0.3, 0.4) is 0 Å². The molecule has 3 heteroatoms. The lowest BCUT2D eigenvalue weighted by molar-refractivity contribution is -0.116. The molecule has 3 rings (SSSR count). The lowest BCUT2D eigenvalue weighted by Crippen LogP contribution is -2.20. The molecule has 1 aliphatic carbocycles. The Morgan fingerprint density at radius 3 is 2.61 bits per heavy atom. The average molecular weight is 455 g/mol. The molecule has 4 atom stereocenters. The Morgan fingerprint density at radius 2 is 2.00 bits per heavy atom. The highest BCUT2D eigenvalue weighted by Crippen LogP contribution is 2.52. The highest BCUT2D eigenvalue weighted by atomic mass is 35.5. The lowest BCUT2D eigenvalue weighted by Gasteiger charge is -2.32. The second-order valence-corrected chi connectivity index (χ2v) is 10.5. The summed E-state index contributed by atoms with van der Waals surface area (Å²) in [7, 11) is 0. The van der Waals surface area contributed by atoms with Crippen molar-refractivity contribution in [1.82, 2.24) is 0 Å². The van der Waals surface area contributed by atoms with Crippen LogP contribution in [0.2, 0.25) is 5.02 Å². The summed E-state index contributed by atoms with van der Waals surface area (Å²) in [4.78, 5) is 13.8. The second kappa shape index (κ2) is 10.9. The van der Waals surface area contributed by atoms with Crippen molar-refractivity contribution < 1.29 is 4.79 Å². The molecule has 2 aromatic rings. The van der Waals surface area contributed by atoms with Gasteiger partial charge >= 0.3 is 0 Å². The maximum atomic E-state index is 12.8. The predicted octanol–water partition coefficient (Wildman–Crippen LogP) is 8.68. The average Bonchev–Trinajstić information content (AvgIpc) is 3.20. The molecule has 1 fully saturated rings. The van der Waals surface area contributed by atoms with E-state index in [-0.39, 0.29) is 11.7 Å². The van der Waals surface area contributed by atoms with Gasteiger partial charge in [0.25, 0.3) is 0 Å². The van der Waals surface area contributed by atoms with Crippen molar-refractivity contribution >= 4 is 29.1 Å². The summed E-state index contributed by atoms with van der Waals surface area (Å²) in [5.74, 6) is 1.09. The van der Waals surface area contributed by atoms with Crippen LogP contribution in [-0.2, 0) is 4.79 Å². The smallest absolute Gasteiger partial charge is 0.162 e. The van der Waals surface area contributed by atoms with Crippen LogP contribution < -0.4 is 0 Å². The zero-order valence-electron chi connectivity index (χ0n) is 19.1. The van der Waals surface area contributed by atoms with Crippen LogP contribution in [0.4, 0.5) is 0 Å². The summed E-state index contributed by atoms with van der Waals surface area (Å²) >= 11 is 8.10. The lowest BCUT2D eigenvalue weighted by atomic mass is 9.73. The van der Waals surface area contributed by atoms with Gasteiger partial charge in [-0.1, -0.05) is 74.8 Å². The maximum absolute atomic E-state index is 12.8. The normalized spacial score (nSPS) is 22.8. The van der Waals surface area contributed by atoms with E-state index in [1.807, 2.05) is 18.4 Å².